The molecule has 0 saturated heterocycles. The first-order valence-corrected chi connectivity index (χ1v) is 11.1. The second-order valence-corrected chi connectivity index (χ2v) is 11.2. The molecule has 29 heavy (non-hydrogen) atoms. The van der Waals surface area contributed by atoms with Gasteiger partial charge in [0.15, 0.2) is 0 Å². The maximum Gasteiger partial charge on any atom is 0.312 e. The smallest absolute Gasteiger partial charge is 0.312 e. The molecule has 1 N–H and O–H groups in total. The molecule has 0 amide bonds. The first kappa shape index (κ1) is 27.9. The summed E-state index contributed by atoms with van der Waals surface area (Å²) in [7, 11) is 0. The average Bonchev–Trinajstić information content (AvgIpc) is 2.54. The van der Waals surface area contributed by atoms with Gasteiger partial charge in [0.2, 0.25) is 0 Å². The quantitative estimate of drug-likeness (QED) is 0.344. The summed E-state index contributed by atoms with van der Waals surface area (Å²) < 4.78 is 10.7. The Balaban J connectivity index is 4.17. The zero-order valence-corrected chi connectivity index (χ0v) is 20.7. The van der Waals surface area contributed by atoms with Gasteiger partial charge < -0.3 is 14.8 Å². The van der Waals surface area contributed by atoms with Crippen molar-refractivity contribution in [3.05, 3.63) is 0 Å². The molecule has 0 aromatic rings. The molecule has 0 aromatic carbocycles. The van der Waals surface area contributed by atoms with Gasteiger partial charge in [-0.05, 0) is 49.9 Å². The van der Waals surface area contributed by atoms with E-state index in [2.05, 4.69) is 67.6 Å². The molecule has 0 radical (unpaired) electrons. The predicted molar refractivity (Wildman–Crippen MR) is 120 cm³/mol. The third-order valence-electron chi connectivity index (χ3n) is 5.65. The monoisotopic (exact) mass is 413 g/mol. The van der Waals surface area contributed by atoms with E-state index in [4.69, 9.17) is 9.47 Å². The standard InChI is InChI=1S/C24H47NO4/c1-18(2)17-24(10,23(7,8)9)21(27)29-16-15-28-20(26)12-14-25-19(3)11-13-22(4,5)6/h18-19,25H,11-17H2,1-10H3. The van der Waals surface area contributed by atoms with Crippen LogP contribution in [-0.2, 0) is 19.1 Å². The summed E-state index contributed by atoms with van der Waals surface area (Å²) in [5, 5.41) is 3.36. The number of carbonyl (C=O) groups is 2. The highest BCUT2D eigenvalue weighted by atomic mass is 16.6. The van der Waals surface area contributed by atoms with Crippen LogP contribution in [0.5, 0.6) is 0 Å². The first-order valence-electron chi connectivity index (χ1n) is 11.1. The Bertz CT molecular complexity index is 502. The molecule has 0 aliphatic carbocycles. The molecule has 0 saturated carbocycles. The van der Waals surface area contributed by atoms with Crippen LogP contribution in [0, 0.1) is 22.2 Å². The summed E-state index contributed by atoms with van der Waals surface area (Å²) >= 11 is 0. The van der Waals surface area contributed by atoms with Gasteiger partial charge in [-0.2, -0.15) is 0 Å². The van der Waals surface area contributed by atoms with Crippen molar-refractivity contribution in [1.82, 2.24) is 5.32 Å². The molecule has 5 heteroatoms. The highest BCUT2D eigenvalue weighted by Crippen LogP contribution is 2.44. The molecule has 5 nitrogen and oxygen atoms in total. The van der Waals surface area contributed by atoms with Crippen molar-refractivity contribution in [2.75, 3.05) is 19.8 Å². The maximum atomic E-state index is 12.7. The molecule has 0 aromatic heterocycles. The fraction of sp³-hybridized carbons (Fsp3) is 0.917. The summed E-state index contributed by atoms with van der Waals surface area (Å²) in [6.45, 7) is 22.0. The van der Waals surface area contributed by atoms with E-state index in [-0.39, 0.29) is 30.6 Å². The molecule has 172 valence electrons. The number of ether oxygens (including phenoxy) is 2. The maximum absolute atomic E-state index is 12.7. The third kappa shape index (κ3) is 11.6. The van der Waals surface area contributed by atoms with Crippen molar-refractivity contribution in [2.45, 2.75) is 101 Å². The van der Waals surface area contributed by atoms with E-state index in [9.17, 15) is 9.59 Å². The second-order valence-electron chi connectivity index (χ2n) is 11.2. The Morgan fingerprint density at radius 2 is 1.45 bits per heavy atom. The Kier molecular flexibility index (Phi) is 11.5. The summed E-state index contributed by atoms with van der Waals surface area (Å²) in [4.78, 5) is 24.6. The van der Waals surface area contributed by atoms with E-state index in [0.29, 0.717) is 30.3 Å². The van der Waals surface area contributed by atoms with Crippen molar-refractivity contribution < 1.29 is 19.1 Å². The normalized spacial score (nSPS) is 15.7. The number of hydrogen-bond acceptors (Lipinski definition) is 5. The van der Waals surface area contributed by atoms with E-state index >= 15 is 0 Å². The third-order valence-corrected chi connectivity index (χ3v) is 5.65. The molecule has 0 bridgehead atoms. The minimum Gasteiger partial charge on any atom is -0.462 e. The van der Waals surface area contributed by atoms with Crippen molar-refractivity contribution in [3.8, 4) is 0 Å². The molecule has 0 aliphatic heterocycles. The number of carbonyl (C=O) groups excluding carboxylic acids is 2. The molecule has 0 fully saturated rings. The summed E-state index contributed by atoms with van der Waals surface area (Å²) in [5.74, 6) is -0.0932. The van der Waals surface area contributed by atoms with Gasteiger partial charge in [0, 0.05) is 12.6 Å². The minimum atomic E-state index is -0.571. The number of esters is 2. The van der Waals surface area contributed by atoms with Crippen molar-refractivity contribution >= 4 is 11.9 Å². The summed E-state index contributed by atoms with van der Waals surface area (Å²) in [6.07, 6.45) is 3.30. The lowest BCUT2D eigenvalue weighted by Crippen LogP contribution is -2.43. The summed E-state index contributed by atoms with van der Waals surface area (Å²) in [5.41, 5.74) is -0.455. The van der Waals surface area contributed by atoms with Crippen LogP contribution >= 0.6 is 0 Å². The second kappa shape index (κ2) is 11.9. The highest BCUT2D eigenvalue weighted by Gasteiger charge is 2.45. The van der Waals surface area contributed by atoms with E-state index in [1.807, 2.05) is 6.92 Å². The average molecular weight is 414 g/mol. The Morgan fingerprint density at radius 3 is 1.93 bits per heavy atom. The number of nitrogens with one attached hydrogen (secondary N) is 1. The summed E-state index contributed by atoms with van der Waals surface area (Å²) in [6, 6.07) is 0.374. The van der Waals surface area contributed by atoms with Crippen LogP contribution in [0.3, 0.4) is 0 Å². The molecular weight excluding hydrogens is 366 g/mol. The Labute approximate surface area is 179 Å². The SMILES string of the molecule is CC(C)CC(C)(C(=O)OCCOC(=O)CCNC(C)CCC(C)(C)C)C(C)(C)C. The molecule has 0 spiro atoms. The van der Waals surface area contributed by atoms with Crippen molar-refractivity contribution in [3.63, 3.8) is 0 Å². The lowest BCUT2D eigenvalue weighted by Gasteiger charge is -2.40. The van der Waals surface area contributed by atoms with E-state index in [0.717, 1.165) is 19.3 Å². The zero-order valence-electron chi connectivity index (χ0n) is 20.7. The van der Waals surface area contributed by atoms with Crippen LogP contribution in [0.25, 0.3) is 0 Å². The van der Waals surface area contributed by atoms with Gasteiger partial charge in [-0.1, -0.05) is 55.4 Å². The fourth-order valence-corrected chi connectivity index (χ4v) is 3.21. The van der Waals surface area contributed by atoms with Crippen LogP contribution in [0.2, 0.25) is 0 Å². The lowest BCUT2D eigenvalue weighted by atomic mass is 9.64. The minimum absolute atomic E-state index is 0.101. The van der Waals surface area contributed by atoms with Gasteiger partial charge in [0.1, 0.15) is 13.2 Å². The molecule has 0 rings (SSSR count). The van der Waals surface area contributed by atoms with Gasteiger partial charge in [-0.25, -0.2) is 0 Å². The van der Waals surface area contributed by atoms with Gasteiger partial charge >= 0.3 is 11.9 Å². The predicted octanol–water partition coefficient (Wildman–Crippen LogP) is 5.37. The molecule has 2 unspecified atom stereocenters. The lowest BCUT2D eigenvalue weighted by molar-refractivity contribution is -0.167. The van der Waals surface area contributed by atoms with Gasteiger partial charge in [0.05, 0.1) is 11.8 Å². The molecular formula is C24H47NO4. The Morgan fingerprint density at radius 1 is 0.897 bits per heavy atom. The van der Waals surface area contributed by atoms with Gasteiger partial charge in [-0.3, -0.25) is 9.59 Å². The van der Waals surface area contributed by atoms with E-state index < -0.39 is 5.41 Å². The molecule has 0 heterocycles. The van der Waals surface area contributed by atoms with Crippen LogP contribution < -0.4 is 5.32 Å². The van der Waals surface area contributed by atoms with E-state index in [1.165, 1.54) is 0 Å². The van der Waals surface area contributed by atoms with Crippen LogP contribution in [0.1, 0.15) is 94.9 Å². The van der Waals surface area contributed by atoms with Crippen LogP contribution in [0.4, 0.5) is 0 Å². The Hall–Kier alpha value is -1.10. The fourth-order valence-electron chi connectivity index (χ4n) is 3.21. The topological polar surface area (TPSA) is 64.6 Å². The van der Waals surface area contributed by atoms with Crippen molar-refractivity contribution in [1.29, 1.82) is 0 Å². The van der Waals surface area contributed by atoms with Gasteiger partial charge in [-0.15, -0.1) is 0 Å². The van der Waals surface area contributed by atoms with Crippen LogP contribution in [0.15, 0.2) is 0 Å². The molecule has 0 aliphatic rings. The zero-order chi connectivity index (χ0) is 22.9. The molecule has 2 atom stereocenters. The van der Waals surface area contributed by atoms with E-state index in [1.54, 1.807) is 0 Å². The van der Waals surface area contributed by atoms with Crippen LogP contribution in [-0.4, -0.2) is 37.7 Å². The highest BCUT2D eigenvalue weighted by molar-refractivity contribution is 5.77. The largest absolute Gasteiger partial charge is 0.462 e. The number of hydrogen-bond donors (Lipinski definition) is 1. The first-order chi connectivity index (χ1) is 13.1. The number of rotatable bonds is 12. The van der Waals surface area contributed by atoms with Crippen molar-refractivity contribution in [2.24, 2.45) is 22.2 Å². The van der Waals surface area contributed by atoms with Gasteiger partial charge in [0.25, 0.3) is 0 Å².